The Hall–Kier alpha value is -0.290. The van der Waals surface area contributed by atoms with Gasteiger partial charge in [-0.15, -0.1) is 11.3 Å². The number of thiophene rings is 1. The quantitative estimate of drug-likeness (QED) is 0.584. The van der Waals surface area contributed by atoms with E-state index in [-0.39, 0.29) is 0 Å². The minimum Gasteiger partial charge on any atom is -0.398 e. The number of hydrogen-bond acceptors (Lipinski definition) is 2. The molecule has 0 bridgehead atoms. The van der Waals surface area contributed by atoms with Crippen LogP contribution >= 0.6 is 33.9 Å². The maximum atomic E-state index is 5.90. The van der Waals surface area contributed by atoms with Gasteiger partial charge < -0.3 is 5.73 Å². The molecule has 0 aliphatic carbocycles. The third-order valence-electron chi connectivity index (χ3n) is 1.81. The molecule has 0 saturated carbocycles. The molecule has 2 aromatic rings. The van der Waals surface area contributed by atoms with Crippen molar-refractivity contribution in [2.45, 2.75) is 6.92 Å². The zero-order valence-corrected chi connectivity index (χ0v) is 9.57. The molecule has 0 saturated heterocycles. The smallest absolute Gasteiger partial charge is 0.0415 e. The molecule has 3 heteroatoms. The molecule has 62 valence electrons. The average Bonchev–Trinajstić information content (AvgIpc) is 2.31. The first-order valence-corrected chi connectivity index (χ1v) is 5.57. The molecule has 0 radical (unpaired) electrons. The van der Waals surface area contributed by atoms with Gasteiger partial charge in [0.25, 0.3) is 0 Å². The van der Waals surface area contributed by atoms with E-state index in [1.807, 2.05) is 6.07 Å². The lowest BCUT2D eigenvalue weighted by atomic mass is 10.1. The highest BCUT2D eigenvalue weighted by atomic mass is 127. The van der Waals surface area contributed by atoms with Crippen LogP contribution in [0.1, 0.15) is 5.56 Å². The molecular weight excluding hydrogens is 281 g/mol. The van der Waals surface area contributed by atoms with Gasteiger partial charge in [0, 0.05) is 24.7 Å². The number of nitrogens with two attached hydrogens (primary N) is 1. The van der Waals surface area contributed by atoms with Crippen LogP contribution in [0.3, 0.4) is 0 Å². The van der Waals surface area contributed by atoms with Gasteiger partial charge in [-0.25, -0.2) is 0 Å². The molecule has 0 aliphatic rings. The summed E-state index contributed by atoms with van der Waals surface area (Å²) in [6, 6.07) is 4.20. The Labute approximate surface area is 88.7 Å². The molecule has 2 N–H and O–H groups in total. The van der Waals surface area contributed by atoms with Gasteiger partial charge in [-0.1, -0.05) is 0 Å². The first kappa shape index (κ1) is 8.31. The number of anilines is 1. The Balaban J connectivity index is 2.93. The summed E-state index contributed by atoms with van der Waals surface area (Å²) < 4.78 is 2.54. The summed E-state index contributed by atoms with van der Waals surface area (Å²) >= 11 is 4.08. The van der Waals surface area contributed by atoms with Gasteiger partial charge in [-0.05, 0) is 47.2 Å². The monoisotopic (exact) mass is 289 g/mol. The van der Waals surface area contributed by atoms with E-state index in [1.54, 1.807) is 11.3 Å². The van der Waals surface area contributed by atoms with Crippen LogP contribution in [-0.2, 0) is 0 Å². The second kappa shape index (κ2) is 2.88. The normalized spacial score (nSPS) is 10.8. The zero-order chi connectivity index (χ0) is 8.72. The summed E-state index contributed by atoms with van der Waals surface area (Å²) in [5, 5.41) is 3.35. The standard InChI is InChI=1S/C9H8INS/c1-5-2-7(11)9-6(10)4-12-8(9)3-5/h2-4H,11H2,1H3. The van der Waals surface area contributed by atoms with Crippen LogP contribution < -0.4 is 5.73 Å². The maximum absolute atomic E-state index is 5.90. The van der Waals surface area contributed by atoms with Crippen molar-refractivity contribution in [3.05, 3.63) is 26.6 Å². The second-order valence-electron chi connectivity index (χ2n) is 2.81. The van der Waals surface area contributed by atoms with E-state index in [9.17, 15) is 0 Å². The molecule has 0 spiro atoms. The first-order valence-electron chi connectivity index (χ1n) is 3.61. The topological polar surface area (TPSA) is 26.0 Å². The third kappa shape index (κ3) is 1.21. The fourth-order valence-corrected chi connectivity index (χ4v) is 3.42. The second-order valence-corrected chi connectivity index (χ2v) is 4.88. The number of hydrogen-bond donors (Lipinski definition) is 1. The predicted molar refractivity (Wildman–Crippen MR) is 63.7 cm³/mol. The number of rotatable bonds is 0. The van der Waals surface area contributed by atoms with E-state index in [4.69, 9.17) is 5.73 Å². The summed E-state index contributed by atoms with van der Waals surface area (Å²) in [5.74, 6) is 0. The van der Waals surface area contributed by atoms with Crippen molar-refractivity contribution in [1.29, 1.82) is 0 Å². The summed E-state index contributed by atoms with van der Waals surface area (Å²) in [4.78, 5) is 0. The SMILES string of the molecule is Cc1cc(N)c2c(I)csc2c1. The van der Waals surface area contributed by atoms with E-state index in [1.165, 1.54) is 19.2 Å². The van der Waals surface area contributed by atoms with Gasteiger partial charge in [0.05, 0.1) is 0 Å². The highest BCUT2D eigenvalue weighted by Gasteiger charge is 2.04. The van der Waals surface area contributed by atoms with E-state index in [0.29, 0.717) is 0 Å². The van der Waals surface area contributed by atoms with E-state index in [0.717, 1.165) is 5.69 Å². The molecule has 2 rings (SSSR count). The van der Waals surface area contributed by atoms with Gasteiger partial charge in [0.2, 0.25) is 0 Å². The zero-order valence-electron chi connectivity index (χ0n) is 6.60. The average molecular weight is 289 g/mol. The molecule has 1 heterocycles. The van der Waals surface area contributed by atoms with Crippen LogP contribution in [0.4, 0.5) is 5.69 Å². The van der Waals surface area contributed by atoms with Crippen molar-refractivity contribution in [2.75, 3.05) is 5.73 Å². The van der Waals surface area contributed by atoms with Crippen molar-refractivity contribution in [1.82, 2.24) is 0 Å². The van der Waals surface area contributed by atoms with Crippen LogP contribution in [-0.4, -0.2) is 0 Å². The molecule has 0 atom stereocenters. The van der Waals surface area contributed by atoms with Crippen molar-refractivity contribution in [2.24, 2.45) is 0 Å². The molecule has 0 amide bonds. The Kier molecular flexibility index (Phi) is 2.00. The number of benzene rings is 1. The van der Waals surface area contributed by atoms with Gasteiger partial charge in [0.1, 0.15) is 0 Å². The minimum absolute atomic E-state index is 0.899. The van der Waals surface area contributed by atoms with Crippen molar-refractivity contribution < 1.29 is 0 Å². The van der Waals surface area contributed by atoms with Crippen LogP contribution in [0.15, 0.2) is 17.5 Å². The molecule has 1 aromatic carbocycles. The number of aryl methyl sites for hydroxylation is 1. The van der Waals surface area contributed by atoms with Crippen molar-refractivity contribution >= 4 is 49.7 Å². The largest absolute Gasteiger partial charge is 0.398 e. The van der Waals surface area contributed by atoms with Crippen molar-refractivity contribution in [3.8, 4) is 0 Å². The summed E-state index contributed by atoms with van der Waals surface area (Å²) in [6.07, 6.45) is 0. The first-order chi connectivity index (χ1) is 5.68. The van der Waals surface area contributed by atoms with Crippen LogP contribution in [0.2, 0.25) is 0 Å². The van der Waals surface area contributed by atoms with Gasteiger partial charge in [-0.3, -0.25) is 0 Å². The predicted octanol–water partition coefficient (Wildman–Crippen LogP) is 3.40. The Morgan fingerprint density at radius 1 is 1.42 bits per heavy atom. The van der Waals surface area contributed by atoms with Gasteiger partial charge in [0.15, 0.2) is 0 Å². The number of nitrogen functional groups attached to an aromatic ring is 1. The lowest BCUT2D eigenvalue weighted by Crippen LogP contribution is -1.86. The van der Waals surface area contributed by atoms with Crippen LogP contribution in [0, 0.1) is 10.5 Å². The fraction of sp³-hybridized carbons (Fsp3) is 0.111. The van der Waals surface area contributed by atoms with Crippen LogP contribution in [0.5, 0.6) is 0 Å². The lowest BCUT2D eigenvalue weighted by Gasteiger charge is -1.98. The van der Waals surface area contributed by atoms with E-state index < -0.39 is 0 Å². The van der Waals surface area contributed by atoms with Crippen LogP contribution in [0.25, 0.3) is 10.1 Å². The molecule has 0 aliphatic heterocycles. The molecule has 0 unspecified atom stereocenters. The summed E-state index contributed by atoms with van der Waals surface area (Å²) in [6.45, 7) is 2.07. The number of halogens is 1. The highest BCUT2D eigenvalue weighted by molar-refractivity contribution is 14.1. The molecular formula is C9H8INS. The van der Waals surface area contributed by atoms with Gasteiger partial charge >= 0.3 is 0 Å². The highest BCUT2D eigenvalue weighted by Crippen LogP contribution is 2.32. The molecule has 0 fully saturated rings. The van der Waals surface area contributed by atoms with Gasteiger partial charge in [-0.2, -0.15) is 0 Å². The summed E-state index contributed by atoms with van der Waals surface area (Å²) in [5.41, 5.74) is 8.04. The Bertz CT molecular complexity index is 433. The van der Waals surface area contributed by atoms with E-state index >= 15 is 0 Å². The molecule has 12 heavy (non-hydrogen) atoms. The Morgan fingerprint density at radius 2 is 2.17 bits per heavy atom. The lowest BCUT2D eigenvalue weighted by molar-refractivity contribution is 1.51. The maximum Gasteiger partial charge on any atom is 0.0415 e. The fourth-order valence-electron chi connectivity index (χ4n) is 1.30. The Morgan fingerprint density at radius 3 is 2.92 bits per heavy atom. The number of fused-ring (bicyclic) bond motifs is 1. The van der Waals surface area contributed by atoms with Crippen molar-refractivity contribution in [3.63, 3.8) is 0 Å². The third-order valence-corrected chi connectivity index (χ3v) is 4.01. The molecule has 1 aromatic heterocycles. The molecule has 1 nitrogen and oxygen atoms in total. The van der Waals surface area contributed by atoms with E-state index in [2.05, 4.69) is 41.0 Å². The summed E-state index contributed by atoms with van der Waals surface area (Å²) in [7, 11) is 0. The minimum atomic E-state index is 0.899.